The standard InChI is InChI=1S/C13H21N3O/c1-4-17-12-7-5-11(6-8-12)13(14)15-9-10-16(2)3/h5-8H,4,9-10H2,1-3H3,(H2,14,15). The monoisotopic (exact) mass is 235 g/mol. The van der Waals surface area contributed by atoms with Crippen molar-refractivity contribution in [2.75, 3.05) is 33.8 Å². The predicted molar refractivity (Wildman–Crippen MR) is 71.8 cm³/mol. The molecule has 0 amide bonds. The van der Waals surface area contributed by atoms with Crippen molar-refractivity contribution in [3.63, 3.8) is 0 Å². The van der Waals surface area contributed by atoms with Gasteiger partial charge < -0.3 is 15.4 Å². The Bertz CT molecular complexity index is 357. The van der Waals surface area contributed by atoms with Crippen molar-refractivity contribution in [1.29, 1.82) is 0 Å². The molecule has 0 unspecified atom stereocenters. The Morgan fingerprint density at radius 3 is 2.47 bits per heavy atom. The number of amidine groups is 1. The van der Waals surface area contributed by atoms with E-state index in [4.69, 9.17) is 10.5 Å². The molecule has 17 heavy (non-hydrogen) atoms. The lowest BCUT2D eigenvalue weighted by atomic mass is 10.2. The first-order valence-corrected chi connectivity index (χ1v) is 5.81. The third-order valence-electron chi connectivity index (χ3n) is 2.29. The maximum absolute atomic E-state index is 5.90. The topological polar surface area (TPSA) is 50.9 Å². The molecule has 2 N–H and O–H groups in total. The van der Waals surface area contributed by atoms with Crippen molar-refractivity contribution in [1.82, 2.24) is 4.90 Å². The van der Waals surface area contributed by atoms with Gasteiger partial charge in [-0.05, 0) is 45.3 Å². The van der Waals surface area contributed by atoms with Gasteiger partial charge in [0.2, 0.25) is 0 Å². The van der Waals surface area contributed by atoms with E-state index in [1.54, 1.807) is 0 Å². The second-order valence-electron chi connectivity index (χ2n) is 4.03. The highest BCUT2D eigenvalue weighted by atomic mass is 16.5. The quantitative estimate of drug-likeness (QED) is 0.598. The number of hydrogen-bond acceptors (Lipinski definition) is 3. The van der Waals surface area contributed by atoms with Crippen molar-refractivity contribution >= 4 is 5.84 Å². The van der Waals surface area contributed by atoms with E-state index in [9.17, 15) is 0 Å². The first kappa shape index (κ1) is 13.5. The van der Waals surface area contributed by atoms with Crippen molar-refractivity contribution in [3.8, 4) is 5.75 Å². The number of nitrogens with two attached hydrogens (primary N) is 1. The minimum absolute atomic E-state index is 0.579. The highest BCUT2D eigenvalue weighted by molar-refractivity contribution is 5.97. The van der Waals surface area contributed by atoms with Crippen molar-refractivity contribution in [3.05, 3.63) is 29.8 Å². The molecule has 0 radical (unpaired) electrons. The molecule has 0 bridgehead atoms. The van der Waals surface area contributed by atoms with Crippen molar-refractivity contribution in [2.24, 2.45) is 10.7 Å². The number of benzene rings is 1. The van der Waals surface area contributed by atoms with Gasteiger partial charge in [0.15, 0.2) is 0 Å². The summed E-state index contributed by atoms with van der Waals surface area (Å²) in [6.45, 7) is 4.25. The smallest absolute Gasteiger partial charge is 0.125 e. The molecule has 0 atom stereocenters. The molecule has 0 saturated carbocycles. The second kappa shape index (κ2) is 6.91. The fraction of sp³-hybridized carbons (Fsp3) is 0.462. The van der Waals surface area contributed by atoms with Gasteiger partial charge in [0.1, 0.15) is 11.6 Å². The zero-order valence-electron chi connectivity index (χ0n) is 10.8. The van der Waals surface area contributed by atoms with E-state index >= 15 is 0 Å². The van der Waals surface area contributed by atoms with Gasteiger partial charge in [-0.3, -0.25) is 4.99 Å². The highest BCUT2D eigenvalue weighted by Gasteiger charge is 1.99. The molecule has 0 fully saturated rings. The molecule has 0 aliphatic rings. The van der Waals surface area contributed by atoms with Gasteiger partial charge in [-0.25, -0.2) is 0 Å². The fourth-order valence-electron chi connectivity index (χ4n) is 1.35. The zero-order valence-corrected chi connectivity index (χ0v) is 10.8. The normalized spacial score (nSPS) is 11.9. The summed E-state index contributed by atoms with van der Waals surface area (Å²) in [5.41, 5.74) is 6.83. The Labute approximate surface area is 103 Å². The molecule has 0 aliphatic heterocycles. The first-order valence-electron chi connectivity index (χ1n) is 5.81. The van der Waals surface area contributed by atoms with Crippen LogP contribution in [0.1, 0.15) is 12.5 Å². The van der Waals surface area contributed by atoms with Crippen molar-refractivity contribution < 1.29 is 4.74 Å². The highest BCUT2D eigenvalue weighted by Crippen LogP contribution is 2.11. The number of ether oxygens (including phenoxy) is 1. The molecular weight excluding hydrogens is 214 g/mol. The minimum atomic E-state index is 0.579. The molecule has 0 saturated heterocycles. The van der Waals surface area contributed by atoms with Crippen LogP contribution in [0.3, 0.4) is 0 Å². The summed E-state index contributed by atoms with van der Waals surface area (Å²) in [6, 6.07) is 7.68. The lowest BCUT2D eigenvalue weighted by molar-refractivity contribution is 0.340. The van der Waals surface area contributed by atoms with E-state index in [0.717, 1.165) is 17.9 Å². The van der Waals surface area contributed by atoms with Gasteiger partial charge in [-0.15, -0.1) is 0 Å². The molecule has 4 nitrogen and oxygen atoms in total. The summed E-state index contributed by atoms with van der Waals surface area (Å²) in [6.07, 6.45) is 0. The van der Waals surface area contributed by atoms with Crippen LogP contribution in [0.5, 0.6) is 5.75 Å². The molecule has 0 heterocycles. The maximum atomic E-state index is 5.90. The van der Waals surface area contributed by atoms with Crippen LogP contribution in [0.4, 0.5) is 0 Å². The summed E-state index contributed by atoms with van der Waals surface area (Å²) >= 11 is 0. The van der Waals surface area contributed by atoms with E-state index < -0.39 is 0 Å². The first-order chi connectivity index (χ1) is 8.13. The summed E-state index contributed by atoms with van der Waals surface area (Å²) in [5.74, 6) is 1.44. The lowest BCUT2D eigenvalue weighted by Gasteiger charge is -2.07. The van der Waals surface area contributed by atoms with Gasteiger partial charge in [-0.1, -0.05) is 0 Å². The molecule has 0 aliphatic carbocycles. The molecule has 0 aromatic heterocycles. The summed E-state index contributed by atoms with van der Waals surface area (Å²) in [5, 5.41) is 0. The number of nitrogens with zero attached hydrogens (tertiary/aromatic N) is 2. The molecule has 4 heteroatoms. The Morgan fingerprint density at radius 1 is 1.29 bits per heavy atom. The Balaban J connectivity index is 2.59. The average molecular weight is 235 g/mol. The Morgan fingerprint density at radius 2 is 1.94 bits per heavy atom. The SMILES string of the molecule is CCOc1ccc(C(N)=NCCN(C)C)cc1. The maximum Gasteiger partial charge on any atom is 0.125 e. The van der Waals surface area contributed by atoms with Crippen LogP contribution in [0.25, 0.3) is 0 Å². The van der Waals surface area contributed by atoms with Gasteiger partial charge in [0.05, 0.1) is 13.2 Å². The summed E-state index contributed by atoms with van der Waals surface area (Å²) in [4.78, 5) is 6.40. The molecule has 0 spiro atoms. The number of hydrogen-bond donors (Lipinski definition) is 1. The van der Waals surface area contributed by atoms with E-state index in [2.05, 4.69) is 9.89 Å². The number of rotatable bonds is 6. The Kier molecular flexibility index (Phi) is 5.49. The minimum Gasteiger partial charge on any atom is -0.494 e. The van der Waals surface area contributed by atoms with Gasteiger partial charge in [0, 0.05) is 12.1 Å². The van der Waals surface area contributed by atoms with Gasteiger partial charge >= 0.3 is 0 Å². The summed E-state index contributed by atoms with van der Waals surface area (Å²) < 4.78 is 5.37. The molecule has 1 aromatic rings. The third-order valence-corrected chi connectivity index (χ3v) is 2.29. The van der Waals surface area contributed by atoms with Crippen LogP contribution in [0.15, 0.2) is 29.3 Å². The number of likely N-dealkylation sites (N-methyl/N-ethyl adjacent to an activating group) is 1. The molecule has 1 rings (SSSR count). The van der Waals surface area contributed by atoms with Crippen molar-refractivity contribution in [2.45, 2.75) is 6.92 Å². The van der Waals surface area contributed by atoms with Gasteiger partial charge in [0.25, 0.3) is 0 Å². The van der Waals surface area contributed by atoms with Gasteiger partial charge in [-0.2, -0.15) is 0 Å². The molecule has 1 aromatic carbocycles. The van der Waals surface area contributed by atoms with Crippen LogP contribution in [-0.4, -0.2) is 44.5 Å². The average Bonchev–Trinajstić information content (AvgIpc) is 2.30. The van der Waals surface area contributed by atoms with E-state index in [-0.39, 0.29) is 0 Å². The van der Waals surface area contributed by atoms with E-state index in [1.807, 2.05) is 45.3 Å². The third kappa shape index (κ3) is 4.87. The fourth-order valence-corrected chi connectivity index (χ4v) is 1.35. The second-order valence-corrected chi connectivity index (χ2v) is 4.03. The van der Waals surface area contributed by atoms with E-state index in [0.29, 0.717) is 19.0 Å². The largest absolute Gasteiger partial charge is 0.494 e. The lowest BCUT2D eigenvalue weighted by Crippen LogP contribution is -2.19. The number of aliphatic imine (C=N–C) groups is 1. The Hall–Kier alpha value is -1.55. The van der Waals surface area contributed by atoms with E-state index in [1.165, 1.54) is 0 Å². The molecule has 94 valence electrons. The van der Waals surface area contributed by atoms with Crippen LogP contribution in [-0.2, 0) is 0 Å². The zero-order chi connectivity index (χ0) is 12.7. The van der Waals surface area contributed by atoms with Crippen LogP contribution < -0.4 is 10.5 Å². The molecular formula is C13H21N3O. The van der Waals surface area contributed by atoms with Crippen LogP contribution in [0.2, 0.25) is 0 Å². The van der Waals surface area contributed by atoms with Crippen LogP contribution in [0, 0.1) is 0 Å². The summed E-state index contributed by atoms with van der Waals surface area (Å²) in [7, 11) is 4.03. The predicted octanol–water partition coefficient (Wildman–Crippen LogP) is 1.35. The van der Waals surface area contributed by atoms with Crippen LogP contribution >= 0.6 is 0 Å².